The molecule has 3 rings (SSSR count). The topological polar surface area (TPSA) is 79.4 Å². The van der Waals surface area contributed by atoms with Crippen molar-refractivity contribution in [2.45, 2.75) is 19.4 Å². The highest BCUT2D eigenvalue weighted by Crippen LogP contribution is 2.20. The van der Waals surface area contributed by atoms with Crippen molar-refractivity contribution < 1.29 is 13.2 Å². The standard InChI is InChI=1S/C19H23N3O3S/c23-19(17-8-2-1-3-9-17)22-12-6-7-16(14-22)15-26(24,25)21-13-18-10-4-5-11-20-18/h1-5,8-11,16,21H,6-7,12-15H2. The van der Waals surface area contributed by atoms with Gasteiger partial charge in [-0.2, -0.15) is 0 Å². The van der Waals surface area contributed by atoms with E-state index in [-0.39, 0.29) is 24.1 Å². The van der Waals surface area contributed by atoms with Crippen LogP contribution in [0.5, 0.6) is 0 Å². The molecule has 7 heteroatoms. The normalized spacial score (nSPS) is 17.8. The molecule has 1 aromatic carbocycles. The van der Waals surface area contributed by atoms with Gasteiger partial charge in [-0.15, -0.1) is 0 Å². The number of carbonyl (C=O) groups excluding carboxylic acids is 1. The lowest BCUT2D eigenvalue weighted by molar-refractivity contribution is 0.0684. The van der Waals surface area contributed by atoms with Gasteiger partial charge in [-0.05, 0) is 43.0 Å². The van der Waals surface area contributed by atoms with Gasteiger partial charge in [0.2, 0.25) is 10.0 Å². The highest BCUT2D eigenvalue weighted by Gasteiger charge is 2.28. The van der Waals surface area contributed by atoms with Crippen molar-refractivity contribution in [3.63, 3.8) is 0 Å². The first kappa shape index (κ1) is 18.5. The average molecular weight is 373 g/mol. The third-order valence-electron chi connectivity index (χ3n) is 4.48. The van der Waals surface area contributed by atoms with E-state index in [0.717, 1.165) is 12.8 Å². The number of likely N-dealkylation sites (tertiary alicyclic amines) is 1. The number of hydrogen-bond donors (Lipinski definition) is 1. The minimum atomic E-state index is -3.42. The van der Waals surface area contributed by atoms with Crippen molar-refractivity contribution >= 4 is 15.9 Å². The van der Waals surface area contributed by atoms with Crippen LogP contribution in [0.25, 0.3) is 0 Å². The summed E-state index contributed by atoms with van der Waals surface area (Å²) in [7, 11) is -3.42. The first-order valence-electron chi connectivity index (χ1n) is 8.75. The van der Waals surface area contributed by atoms with Gasteiger partial charge in [0.25, 0.3) is 5.91 Å². The van der Waals surface area contributed by atoms with Crippen LogP contribution in [0.1, 0.15) is 28.9 Å². The molecule has 2 aromatic rings. The number of sulfonamides is 1. The quantitative estimate of drug-likeness (QED) is 0.840. The third-order valence-corrected chi connectivity index (χ3v) is 5.98. The van der Waals surface area contributed by atoms with Crippen molar-refractivity contribution in [2.75, 3.05) is 18.8 Å². The number of pyridine rings is 1. The Hall–Kier alpha value is -2.25. The van der Waals surface area contributed by atoms with Crippen molar-refractivity contribution in [2.24, 2.45) is 5.92 Å². The van der Waals surface area contributed by atoms with Crippen molar-refractivity contribution in [3.8, 4) is 0 Å². The molecule has 138 valence electrons. The Morgan fingerprint density at radius 1 is 1.15 bits per heavy atom. The summed E-state index contributed by atoms with van der Waals surface area (Å²) in [5.74, 6) is -0.0647. The highest BCUT2D eigenvalue weighted by atomic mass is 32.2. The predicted octanol–water partition coefficient (Wildman–Crippen LogP) is 2.05. The van der Waals surface area contributed by atoms with E-state index in [2.05, 4.69) is 9.71 Å². The number of amides is 1. The summed E-state index contributed by atoms with van der Waals surface area (Å²) in [5.41, 5.74) is 1.32. The lowest BCUT2D eigenvalue weighted by atomic mass is 9.99. The Kier molecular flexibility index (Phi) is 6.00. The molecule has 1 aromatic heterocycles. The number of carbonyl (C=O) groups is 1. The van der Waals surface area contributed by atoms with E-state index in [0.29, 0.717) is 24.3 Å². The minimum absolute atomic E-state index is 0.0262. The average Bonchev–Trinajstić information content (AvgIpc) is 2.67. The molecule has 0 saturated carbocycles. The Balaban J connectivity index is 1.56. The number of nitrogens with zero attached hydrogens (tertiary/aromatic N) is 2. The predicted molar refractivity (Wildman–Crippen MR) is 99.9 cm³/mol. The molecular formula is C19H23N3O3S. The molecule has 6 nitrogen and oxygen atoms in total. The zero-order valence-corrected chi connectivity index (χ0v) is 15.4. The molecule has 1 saturated heterocycles. The maximum atomic E-state index is 12.6. The Bertz CT molecular complexity index is 826. The molecule has 1 N–H and O–H groups in total. The van der Waals surface area contributed by atoms with Crippen LogP contribution in [-0.4, -0.2) is 43.1 Å². The Morgan fingerprint density at radius 2 is 1.92 bits per heavy atom. The van der Waals surface area contributed by atoms with Gasteiger partial charge >= 0.3 is 0 Å². The number of piperidine rings is 1. The van der Waals surface area contributed by atoms with E-state index in [1.54, 1.807) is 35.4 Å². The zero-order valence-electron chi connectivity index (χ0n) is 14.5. The van der Waals surface area contributed by atoms with E-state index < -0.39 is 10.0 Å². The fourth-order valence-corrected chi connectivity index (χ4v) is 4.58. The van der Waals surface area contributed by atoms with Crippen LogP contribution in [-0.2, 0) is 16.6 Å². The molecule has 0 aliphatic carbocycles. The van der Waals surface area contributed by atoms with Crippen LogP contribution in [0.3, 0.4) is 0 Å². The smallest absolute Gasteiger partial charge is 0.253 e. The Morgan fingerprint density at radius 3 is 2.65 bits per heavy atom. The van der Waals surface area contributed by atoms with E-state index in [1.165, 1.54) is 0 Å². The summed E-state index contributed by atoms with van der Waals surface area (Å²) in [6.45, 7) is 1.33. The van der Waals surface area contributed by atoms with Crippen LogP contribution in [0, 0.1) is 5.92 Å². The van der Waals surface area contributed by atoms with Crippen LogP contribution >= 0.6 is 0 Å². The van der Waals surface area contributed by atoms with E-state index >= 15 is 0 Å². The molecule has 1 aliphatic heterocycles. The summed E-state index contributed by atoms with van der Waals surface area (Å²) < 4.78 is 27.4. The monoisotopic (exact) mass is 373 g/mol. The van der Waals surface area contributed by atoms with Gasteiger partial charge in [-0.25, -0.2) is 13.1 Å². The molecule has 0 radical (unpaired) electrons. The fraction of sp³-hybridized carbons (Fsp3) is 0.368. The maximum absolute atomic E-state index is 12.6. The van der Waals surface area contributed by atoms with Crippen LogP contribution in [0.4, 0.5) is 0 Å². The summed E-state index contributed by atoms with van der Waals surface area (Å²) in [5, 5.41) is 0. The number of hydrogen-bond acceptors (Lipinski definition) is 4. The van der Waals surface area contributed by atoms with Crippen molar-refractivity contribution in [3.05, 3.63) is 66.0 Å². The van der Waals surface area contributed by atoms with Gasteiger partial charge in [-0.3, -0.25) is 9.78 Å². The van der Waals surface area contributed by atoms with Crippen LogP contribution in [0.2, 0.25) is 0 Å². The van der Waals surface area contributed by atoms with Gasteiger partial charge in [0.05, 0.1) is 18.0 Å². The molecule has 2 heterocycles. The lowest BCUT2D eigenvalue weighted by Gasteiger charge is -2.32. The highest BCUT2D eigenvalue weighted by molar-refractivity contribution is 7.89. The second-order valence-corrected chi connectivity index (χ2v) is 8.40. The number of aromatic nitrogens is 1. The van der Waals surface area contributed by atoms with Crippen LogP contribution in [0.15, 0.2) is 54.7 Å². The molecule has 1 fully saturated rings. The molecule has 0 bridgehead atoms. The van der Waals surface area contributed by atoms with Gasteiger partial charge in [-0.1, -0.05) is 24.3 Å². The third kappa shape index (κ3) is 5.12. The Labute approximate surface area is 154 Å². The van der Waals surface area contributed by atoms with E-state index in [1.807, 2.05) is 24.3 Å². The molecule has 26 heavy (non-hydrogen) atoms. The van der Waals surface area contributed by atoms with Crippen molar-refractivity contribution in [1.82, 2.24) is 14.6 Å². The molecule has 1 aliphatic rings. The van der Waals surface area contributed by atoms with Gasteiger partial charge < -0.3 is 4.90 Å². The minimum Gasteiger partial charge on any atom is -0.338 e. The number of rotatable bonds is 6. The maximum Gasteiger partial charge on any atom is 0.253 e. The summed E-state index contributed by atoms with van der Waals surface area (Å²) in [4.78, 5) is 18.5. The van der Waals surface area contributed by atoms with Crippen molar-refractivity contribution in [1.29, 1.82) is 0 Å². The summed E-state index contributed by atoms with van der Waals surface area (Å²) in [6.07, 6.45) is 3.26. The van der Waals surface area contributed by atoms with Gasteiger partial charge in [0, 0.05) is 24.8 Å². The van der Waals surface area contributed by atoms with E-state index in [9.17, 15) is 13.2 Å². The molecule has 1 atom stereocenters. The van der Waals surface area contributed by atoms with E-state index in [4.69, 9.17) is 0 Å². The molecule has 1 amide bonds. The van der Waals surface area contributed by atoms with Crippen LogP contribution < -0.4 is 4.72 Å². The first-order chi connectivity index (χ1) is 12.5. The summed E-state index contributed by atoms with van der Waals surface area (Å²) >= 11 is 0. The van der Waals surface area contributed by atoms with Gasteiger partial charge in [0.1, 0.15) is 0 Å². The SMILES string of the molecule is O=C(c1ccccc1)N1CCCC(CS(=O)(=O)NCc2ccccn2)C1. The number of nitrogens with one attached hydrogen (secondary N) is 1. The first-order valence-corrected chi connectivity index (χ1v) is 10.4. The zero-order chi connectivity index (χ0) is 18.4. The summed E-state index contributed by atoms with van der Waals surface area (Å²) in [6, 6.07) is 14.5. The fourth-order valence-electron chi connectivity index (χ4n) is 3.20. The molecule has 1 unspecified atom stereocenters. The second-order valence-electron chi connectivity index (χ2n) is 6.55. The number of benzene rings is 1. The molecular weight excluding hydrogens is 350 g/mol. The largest absolute Gasteiger partial charge is 0.338 e. The second kappa shape index (κ2) is 8.42. The lowest BCUT2D eigenvalue weighted by Crippen LogP contribution is -2.43. The molecule has 0 spiro atoms. The van der Waals surface area contributed by atoms with Gasteiger partial charge in [0.15, 0.2) is 0 Å².